The van der Waals surface area contributed by atoms with Gasteiger partial charge in [0.1, 0.15) is 11.3 Å². The minimum Gasteiger partial charge on any atom is -0.455 e. The fraction of sp³-hybridized carbons (Fsp3) is 0. The molecule has 0 aliphatic rings. The molecule has 0 aliphatic heterocycles. The fourth-order valence-electron chi connectivity index (χ4n) is 1.77. The number of para-hydroxylation sites is 1. The Morgan fingerprint density at radius 1 is 0.875 bits per heavy atom. The first kappa shape index (κ1) is 9.67. The van der Waals surface area contributed by atoms with E-state index in [0.29, 0.717) is 0 Å². The topological polar surface area (TPSA) is 13.1 Å². The van der Waals surface area contributed by atoms with Gasteiger partial charge in [-0.1, -0.05) is 42.5 Å². The zero-order valence-electron chi connectivity index (χ0n) is 8.48. The maximum atomic E-state index is 5.84. The third-order valence-electron chi connectivity index (χ3n) is 2.55. The van der Waals surface area contributed by atoms with Crippen LogP contribution in [0.2, 0.25) is 0 Å². The van der Waals surface area contributed by atoms with Crippen molar-refractivity contribution in [2.75, 3.05) is 0 Å². The number of fused-ring (bicyclic) bond motifs is 1. The lowest BCUT2D eigenvalue weighted by Gasteiger charge is -1.94. The number of furan rings is 1. The Hall–Kier alpha value is -1.54. The summed E-state index contributed by atoms with van der Waals surface area (Å²) in [6.45, 7) is 0. The Morgan fingerprint density at radius 3 is 2.44 bits per heavy atom. The third-order valence-corrected chi connectivity index (χ3v) is 3.18. The van der Waals surface area contributed by atoms with Crippen molar-refractivity contribution in [3.8, 4) is 11.3 Å². The summed E-state index contributed by atoms with van der Waals surface area (Å²) in [5, 5.41) is 1.12. The third kappa shape index (κ3) is 1.55. The molecule has 0 amide bonds. The molecule has 1 heterocycles. The van der Waals surface area contributed by atoms with E-state index in [9.17, 15) is 0 Å². The molecule has 0 saturated heterocycles. The molecule has 1 aromatic heterocycles. The van der Waals surface area contributed by atoms with Crippen LogP contribution in [0.5, 0.6) is 0 Å². The van der Waals surface area contributed by atoms with E-state index in [1.807, 2.05) is 42.5 Å². The van der Waals surface area contributed by atoms with Gasteiger partial charge in [-0.3, -0.25) is 0 Å². The van der Waals surface area contributed by atoms with Crippen LogP contribution in [-0.4, -0.2) is 0 Å². The summed E-state index contributed by atoms with van der Waals surface area (Å²) in [5.41, 5.74) is 2.01. The average Bonchev–Trinajstić information content (AvgIpc) is 2.76. The summed E-state index contributed by atoms with van der Waals surface area (Å²) in [7, 11) is 0. The molecular weight excluding hydrogens is 264 g/mol. The summed E-state index contributed by atoms with van der Waals surface area (Å²) in [4.78, 5) is 0. The van der Waals surface area contributed by atoms with Crippen molar-refractivity contribution >= 4 is 26.9 Å². The summed E-state index contributed by atoms with van der Waals surface area (Å²) >= 11 is 3.49. The maximum Gasteiger partial charge on any atom is 0.148 e. The van der Waals surface area contributed by atoms with Crippen molar-refractivity contribution in [2.45, 2.75) is 0 Å². The van der Waals surface area contributed by atoms with Crippen molar-refractivity contribution < 1.29 is 4.42 Å². The number of rotatable bonds is 1. The predicted octanol–water partition coefficient (Wildman–Crippen LogP) is 4.86. The van der Waals surface area contributed by atoms with Crippen LogP contribution in [0, 0.1) is 0 Å². The highest BCUT2D eigenvalue weighted by molar-refractivity contribution is 9.10. The molecule has 0 unspecified atom stereocenters. The van der Waals surface area contributed by atoms with Gasteiger partial charge in [0, 0.05) is 10.9 Å². The number of halogens is 1. The normalized spacial score (nSPS) is 10.8. The first-order chi connectivity index (χ1) is 7.84. The van der Waals surface area contributed by atoms with E-state index in [4.69, 9.17) is 4.42 Å². The maximum absolute atomic E-state index is 5.84. The molecule has 0 saturated carbocycles. The van der Waals surface area contributed by atoms with E-state index >= 15 is 0 Å². The summed E-state index contributed by atoms with van der Waals surface area (Å²) in [6, 6.07) is 18.2. The van der Waals surface area contributed by atoms with Gasteiger partial charge < -0.3 is 4.42 Å². The monoisotopic (exact) mass is 272 g/mol. The van der Waals surface area contributed by atoms with Crippen LogP contribution in [-0.2, 0) is 0 Å². The highest BCUT2D eigenvalue weighted by Gasteiger charge is 2.07. The molecule has 16 heavy (non-hydrogen) atoms. The lowest BCUT2D eigenvalue weighted by atomic mass is 10.1. The SMILES string of the molecule is Brc1cccc2cc(-c3ccccc3)oc12. The van der Waals surface area contributed by atoms with Gasteiger partial charge >= 0.3 is 0 Å². The lowest BCUT2D eigenvalue weighted by molar-refractivity contribution is 0.629. The Kier molecular flexibility index (Phi) is 2.29. The molecule has 2 heteroatoms. The van der Waals surface area contributed by atoms with Crippen molar-refractivity contribution in [3.05, 3.63) is 59.1 Å². The van der Waals surface area contributed by atoms with Crippen LogP contribution in [0.3, 0.4) is 0 Å². The first-order valence-electron chi connectivity index (χ1n) is 5.08. The molecule has 0 fully saturated rings. The van der Waals surface area contributed by atoms with Gasteiger partial charge in [0.15, 0.2) is 0 Å². The van der Waals surface area contributed by atoms with Crippen molar-refractivity contribution in [3.63, 3.8) is 0 Å². The Bertz CT molecular complexity index is 626. The number of benzene rings is 2. The van der Waals surface area contributed by atoms with Gasteiger partial charge in [0.25, 0.3) is 0 Å². The molecule has 78 valence electrons. The molecule has 0 radical (unpaired) electrons. The van der Waals surface area contributed by atoms with Gasteiger partial charge in [0.05, 0.1) is 4.47 Å². The number of hydrogen-bond donors (Lipinski definition) is 0. The molecule has 3 aromatic rings. The van der Waals surface area contributed by atoms with Gasteiger partial charge in [-0.2, -0.15) is 0 Å². The largest absolute Gasteiger partial charge is 0.455 e. The van der Waals surface area contributed by atoms with E-state index in [-0.39, 0.29) is 0 Å². The Balaban J connectivity index is 2.23. The molecule has 1 nitrogen and oxygen atoms in total. The van der Waals surface area contributed by atoms with Crippen molar-refractivity contribution in [1.82, 2.24) is 0 Å². The fourth-order valence-corrected chi connectivity index (χ4v) is 2.23. The van der Waals surface area contributed by atoms with Crippen LogP contribution >= 0.6 is 15.9 Å². The molecular formula is C14H9BrO. The van der Waals surface area contributed by atoms with Crippen LogP contribution in [0.1, 0.15) is 0 Å². The predicted molar refractivity (Wildman–Crippen MR) is 69.4 cm³/mol. The quantitative estimate of drug-likeness (QED) is 0.617. The molecule has 0 spiro atoms. The smallest absolute Gasteiger partial charge is 0.148 e. The molecule has 0 atom stereocenters. The number of hydrogen-bond acceptors (Lipinski definition) is 1. The van der Waals surface area contributed by atoms with E-state index in [0.717, 1.165) is 26.8 Å². The van der Waals surface area contributed by atoms with E-state index in [2.05, 4.69) is 28.1 Å². The molecule has 0 aliphatic carbocycles. The Labute approximate surface area is 102 Å². The molecule has 3 rings (SSSR count). The van der Waals surface area contributed by atoms with Crippen LogP contribution in [0.15, 0.2) is 63.5 Å². The van der Waals surface area contributed by atoms with E-state index in [1.54, 1.807) is 0 Å². The second-order valence-electron chi connectivity index (χ2n) is 3.63. The molecule has 0 N–H and O–H groups in total. The average molecular weight is 273 g/mol. The molecule has 2 aromatic carbocycles. The summed E-state index contributed by atoms with van der Waals surface area (Å²) in [5.74, 6) is 0.905. The second kappa shape index (κ2) is 3.80. The van der Waals surface area contributed by atoms with Gasteiger partial charge in [-0.05, 0) is 28.1 Å². The van der Waals surface area contributed by atoms with E-state index < -0.39 is 0 Å². The summed E-state index contributed by atoms with van der Waals surface area (Å²) in [6.07, 6.45) is 0. The van der Waals surface area contributed by atoms with Crippen LogP contribution in [0.25, 0.3) is 22.3 Å². The minimum atomic E-state index is 0.904. The zero-order valence-corrected chi connectivity index (χ0v) is 10.1. The van der Waals surface area contributed by atoms with Gasteiger partial charge in [-0.25, -0.2) is 0 Å². The minimum absolute atomic E-state index is 0.904. The lowest BCUT2D eigenvalue weighted by Crippen LogP contribution is -1.69. The summed E-state index contributed by atoms with van der Waals surface area (Å²) < 4.78 is 6.83. The Morgan fingerprint density at radius 2 is 1.69 bits per heavy atom. The van der Waals surface area contributed by atoms with Crippen molar-refractivity contribution in [1.29, 1.82) is 0 Å². The zero-order chi connectivity index (χ0) is 11.0. The van der Waals surface area contributed by atoms with Gasteiger partial charge in [0.2, 0.25) is 0 Å². The molecule has 0 bridgehead atoms. The highest BCUT2D eigenvalue weighted by atomic mass is 79.9. The highest BCUT2D eigenvalue weighted by Crippen LogP contribution is 2.31. The van der Waals surface area contributed by atoms with E-state index in [1.165, 1.54) is 0 Å². The standard InChI is InChI=1S/C14H9BrO/c15-12-8-4-7-11-9-13(16-14(11)12)10-5-2-1-3-6-10/h1-9H. The van der Waals surface area contributed by atoms with Crippen molar-refractivity contribution in [2.24, 2.45) is 0 Å². The second-order valence-corrected chi connectivity index (χ2v) is 4.49. The van der Waals surface area contributed by atoms with Gasteiger partial charge in [-0.15, -0.1) is 0 Å². The van der Waals surface area contributed by atoms with Crippen LogP contribution < -0.4 is 0 Å². The first-order valence-corrected chi connectivity index (χ1v) is 5.87. The van der Waals surface area contributed by atoms with Crippen LogP contribution in [0.4, 0.5) is 0 Å².